The number of anilines is 1. The second-order valence-corrected chi connectivity index (χ2v) is 4.87. The number of benzene rings is 1. The number of hydrogen-bond donors (Lipinski definition) is 1. The van der Waals surface area contributed by atoms with Crippen molar-refractivity contribution in [2.75, 3.05) is 32.2 Å². The molecular formula is C12H15ClN2O4. The Hall–Kier alpha value is -1.37. The van der Waals surface area contributed by atoms with Crippen LogP contribution in [-0.4, -0.2) is 37.4 Å². The van der Waals surface area contributed by atoms with Crippen molar-refractivity contribution in [1.82, 2.24) is 0 Å². The predicted molar refractivity (Wildman–Crippen MR) is 71.8 cm³/mol. The first-order valence-electron chi connectivity index (χ1n) is 5.87. The van der Waals surface area contributed by atoms with Gasteiger partial charge in [-0.15, -0.1) is 0 Å². The lowest BCUT2D eigenvalue weighted by atomic mass is 10.0. The predicted octanol–water partition coefficient (Wildman–Crippen LogP) is 2.47. The molecule has 0 spiro atoms. The van der Waals surface area contributed by atoms with Gasteiger partial charge in [-0.3, -0.25) is 10.1 Å². The summed E-state index contributed by atoms with van der Waals surface area (Å²) in [5.74, 6) is 0. The van der Waals surface area contributed by atoms with Crippen LogP contribution in [0.25, 0.3) is 0 Å². The minimum absolute atomic E-state index is 0.0267. The van der Waals surface area contributed by atoms with Gasteiger partial charge in [0.2, 0.25) is 0 Å². The summed E-state index contributed by atoms with van der Waals surface area (Å²) in [6.07, 6.45) is 0.807. The molecule has 1 aromatic rings. The van der Waals surface area contributed by atoms with E-state index in [-0.39, 0.29) is 11.3 Å². The van der Waals surface area contributed by atoms with Crippen LogP contribution in [0.2, 0.25) is 5.02 Å². The fourth-order valence-electron chi connectivity index (χ4n) is 1.98. The van der Waals surface area contributed by atoms with Gasteiger partial charge in [0.25, 0.3) is 5.69 Å². The zero-order chi connectivity index (χ0) is 13.9. The molecule has 1 atom stereocenters. The van der Waals surface area contributed by atoms with Gasteiger partial charge in [-0.05, 0) is 6.07 Å². The molecule has 0 bridgehead atoms. The molecule has 7 heteroatoms. The Kier molecular flexibility index (Phi) is 4.24. The highest BCUT2D eigenvalue weighted by Gasteiger charge is 2.34. The highest BCUT2D eigenvalue weighted by atomic mass is 35.5. The molecule has 0 aliphatic carbocycles. The highest BCUT2D eigenvalue weighted by molar-refractivity contribution is 6.33. The van der Waals surface area contributed by atoms with Crippen molar-refractivity contribution in [1.29, 1.82) is 0 Å². The summed E-state index contributed by atoms with van der Waals surface area (Å²) in [6, 6.07) is 4.34. The first kappa shape index (κ1) is 14.0. The van der Waals surface area contributed by atoms with Gasteiger partial charge in [-0.2, -0.15) is 0 Å². The Labute approximate surface area is 115 Å². The van der Waals surface area contributed by atoms with E-state index in [0.717, 1.165) is 6.42 Å². The van der Waals surface area contributed by atoms with Crippen LogP contribution in [-0.2, 0) is 9.47 Å². The van der Waals surface area contributed by atoms with Gasteiger partial charge in [-0.25, -0.2) is 0 Å². The van der Waals surface area contributed by atoms with Gasteiger partial charge < -0.3 is 14.8 Å². The van der Waals surface area contributed by atoms with E-state index in [4.69, 9.17) is 21.1 Å². The molecule has 1 saturated heterocycles. The third-order valence-corrected chi connectivity index (χ3v) is 3.58. The molecule has 1 unspecified atom stereocenters. The van der Waals surface area contributed by atoms with E-state index in [1.165, 1.54) is 12.1 Å². The SMILES string of the molecule is COC1(CNc2ccc([N+](=O)[O-])cc2Cl)CCOC1. The molecule has 6 nitrogen and oxygen atoms in total. The number of non-ortho nitro benzene ring substituents is 1. The summed E-state index contributed by atoms with van der Waals surface area (Å²) >= 11 is 6.01. The average Bonchev–Trinajstić information content (AvgIpc) is 2.86. The molecule has 0 saturated carbocycles. The van der Waals surface area contributed by atoms with Crippen molar-refractivity contribution in [2.45, 2.75) is 12.0 Å². The standard InChI is InChI=1S/C12H15ClN2O4/c1-18-12(4-5-19-8-12)7-14-11-3-2-9(15(16)17)6-10(11)13/h2-3,6,14H,4-5,7-8H2,1H3. The van der Waals surface area contributed by atoms with Crippen molar-refractivity contribution < 1.29 is 14.4 Å². The minimum atomic E-state index is -0.475. The van der Waals surface area contributed by atoms with E-state index >= 15 is 0 Å². The van der Waals surface area contributed by atoms with Crippen molar-refractivity contribution in [2.24, 2.45) is 0 Å². The van der Waals surface area contributed by atoms with Gasteiger partial charge >= 0.3 is 0 Å². The number of nitro groups is 1. The summed E-state index contributed by atoms with van der Waals surface area (Å²) in [7, 11) is 1.65. The lowest BCUT2D eigenvalue weighted by Crippen LogP contribution is -2.39. The van der Waals surface area contributed by atoms with E-state index in [1.54, 1.807) is 13.2 Å². The molecule has 0 radical (unpaired) electrons. The molecule has 1 fully saturated rings. The maximum atomic E-state index is 10.6. The highest BCUT2D eigenvalue weighted by Crippen LogP contribution is 2.29. The molecule has 1 aliphatic rings. The molecule has 0 aromatic heterocycles. The maximum Gasteiger partial charge on any atom is 0.271 e. The minimum Gasteiger partial charge on any atom is -0.381 e. The monoisotopic (exact) mass is 286 g/mol. The largest absolute Gasteiger partial charge is 0.381 e. The quantitative estimate of drug-likeness (QED) is 0.665. The van der Waals surface area contributed by atoms with Crippen LogP contribution in [0.5, 0.6) is 0 Å². The first-order valence-corrected chi connectivity index (χ1v) is 6.25. The lowest BCUT2D eigenvalue weighted by Gasteiger charge is -2.26. The normalized spacial score (nSPS) is 22.4. The van der Waals surface area contributed by atoms with Crippen molar-refractivity contribution in [3.63, 3.8) is 0 Å². The molecule has 104 valence electrons. The molecule has 1 aliphatic heterocycles. The van der Waals surface area contributed by atoms with E-state index in [1.807, 2.05) is 0 Å². The van der Waals surface area contributed by atoms with Crippen LogP contribution in [0, 0.1) is 10.1 Å². The summed E-state index contributed by atoms with van der Waals surface area (Å²) in [5.41, 5.74) is 0.266. The van der Waals surface area contributed by atoms with E-state index in [0.29, 0.717) is 30.5 Å². The van der Waals surface area contributed by atoms with Crippen molar-refractivity contribution >= 4 is 23.0 Å². The van der Waals surface area contributed by atoms with Crippen molar-refractivity contribution in [3.8, 4) is 0 Å². The van der Waals surface area contributed by atoms with Gasteiger partial charge in [0, 0.05) is 38.8 Å². The molecule has 0 amide bonds. The third-order valence-electron chi connectivity index (χ3n) is 3.26. The van der Waals surface area contributed by atoms with Crippen LogP contribution < -0.4 is 5.32 Å². The fourth-order valence-corrected chi connectivity index (χ4v) is 2.22. The fraction of sp³-hybridized carbons (Fsp3) is 0.500. The number of halogens is 1. The molecule has 1 N–H and O–H groups in total. The van der Waals surface area contributed by atoms with Gasteiger partial charge in [0.15, 0.2) is 0 Å². The summed E-state index contributed by atoms with van der Waals surface area (Å²) in [6.45, 7) is 1.74. The van der Waals surface area contributed by atoms with Crippen LogP contribution >= 0.6 is 11.6 Å². The molecule has 1 heterocycles. The number of nitro benzene ring substituents is 1. The smallest absolute Gasteiger partial charge is 0.271 e. The molecule has 1 aromatic carbocycles. The molecular weight excluding hydrogens is 272 g/mol. The molecule has 2 rings (SSSR count). The topological polar surface area (TPSA) is 73.6 Å². The first-order chi connectivity index (χ1) is 9.06. The summed E-state index contributed by atoms with van der Waals surface area (Å²) in [4.78, 5) is 10.1. The van der Waals surface area contributed by atoms with E-state index in [9.17, 15) is 10.1 Å². The zero-order valence-electron chi connectivity index (χ0n) is 10.5. The number of hydrogen-bond acceptors (Lipinski definition) is 5. The second-order valence-electron chi connectivity index (χ2n) is 4.46. The molecule has 19 heavy (non-hydrogen) atoms. The van der Waals surface area contributed by atoms with E-state index in [2.05, 4.69) is 5.32 Å². The van der Waals surface area contributed by atoms with Gasteiger partial charge in [0.05, 0.1) is 22.2 Å². The van der Waals surface area contributed by atoms with Crippen LogP contribution in [0.1, 0.15) is 6.42 Å². The Balaban J connectivity index is 2.05. The van der Waals surface area contributed by atoms with E-state index < -0.39 is 4.92 Å². The van der Waals surface area contributed by atoms with Crippen LogP contribution in [0.4, 0.5) is 11.4 Å². The van der Waals surface area contributed by atoms with Crippen LogP contribution in [0.3, 0.4) is 0 Å². The Bertz CT molecular complexity index is 475. The second kappa shape index (κ2) is 5.73. The van der Waals surface area contributed by atoms with Gasteiger partial charge in [-0.1, -0.05) is 11.6 Å². The number of methoxy groups -OCH3 is 1. The maximum absolute atomic E-state index is 10.6. The van der Waals surface area contributed by atoms with Crippen LogP contribution in [0.15, 0.2) is 18.2 Å². The van der Waals surface area contributed by atoms with Gasteiger partial charge in [0.1, 0.15) is 5.60 Å². The number of ether oxygens (including phenoxy) is 2. The summed E-state index contributed by atoms with van der Waals surface area (Å²) in [5, 5.41) is 14.1. The summed E-state index contributed by atoms with van der Waals surface area (Å²) < 4.78 is 10.8. The zero-order valence-corrected chi connectivity index (χ0v) is 11.3. The Morgan fingerprint density at radius 1 is 1.63 bits per heavy atom. The number of nitrogens with zero attached hydrogens (tertiary/aromatic N) is 1. The third kappa shape index (κ3) is 3.15. The Morgan fingerprint density at radius 3 is 2.95 bits per heavy atom. The number of rotatable bonds is 5. The lowest BCUT2D eigenvalue weighted by molar-refractivity contribution is -0.384. The van der Waals surface area contributed by atoms with Crippen molar-refractivity contribution in [3.05, 3.63) is 33.3 Å². The average molecular weight is 287 g/mol. The Morgan fingerprint density at radius 2 is 2.42 bits per heavy atom. The number of nitrogens with one attached hydrogen (secondary N) is 1.